The molecule has 4 aromatic rings. The van der Waals surface area contributed by atoms with Crippen LogP contribution in [0.15, 0.2) is 60.9 Å². The zero-order valence-corrected chi connectivity index (χ0v) is 17.4. The first-order valence-electron chi connectivity index (χ1n) is 10.1. The van der Waals surface area contributed by atoms with Gasteiger partial charge in [0, 0.05) is 23.1 Å². The van der Waals surface area contributed by atoms with Crippen molar-refractivity contribution < 1.29 is 0 Å². The van der Waals surface area contributed by atoms with E-state index in [-0.39, 0.29) is 11.9 Å². The minimum atomic E-state index is 0.00693. The highest BCUT2D eigenvalue weighted by atomic mass is 35.5. The van der Waals surface area contributed by atoms with Gasteiger partial charge in [0.25, 0.3) is 0 Å². The molecule has 152 valence electrons. The number of nitrogen functional groups attached to an aromatic ring is 1. The van der Waals surface area contributed by atoms with Gasteiger partial charge in [-0.15, -0.1) is 0 Å². The van der Waals surface area contributed by atoms with Crippen molar-refractivity contribution in [2.24, 2.45) is 0 Å². The van der Waals surface area contributed by atoms with E-state index in [1.807, 2.05) is 36.4 Å². The number of rotatable bonds is 3. The van der Waals surface area contributed by atoms with Crippen LogP contribution >= 0.6 is 11.6 Å². The maximum Gasteiger partial charge on any atom is 0.152 e. The number of nitriles is 1. The molecular weight excluding hydrogens is 408 g/mol. The van der Waals surface area contributed by atoms with Crippen molar-refractivity contribution in [1.82, 2.24) is 15.0 Å². The third kappa shape index (κ3) is 3.33. The molecule has 3 heterocycles. The Morgan fingerprint density at radius 3 is 2.74 bits per heavy atom. The molecule has 0 saturated carbocycles. The van der Waals surface area contributed by atoms with Crippen LogP contribution in [0.5, 0.6) is 0 Å². The van der Waals surface area contributed by atoms with Gasteiger partial charge in [-0.25, -0.2) is 15.0 Å². The third-order valence-corrected chi connectivity index (χ3v) is 6.03. The first kappa shape index (κ1) is 19.3. The summed E-state index contributed by atoms with van der Waals surface area (Å²) in [5.74, 6) is 0.771. The molecule has 7 heteroatoms. The molecule has 2 aromatic carbocycles. The van der Waals surface area contributed by atoms with Crippen LogP contribution in [0.2, 0.25) is 5.02 Å². The van der Waals surface area contributed by atoms with Gasteiger partial charge in [-0.05, 0) is 25.0 Å². The lowest BCUT2D eigenvalue weighted by Gasteiger charge is -2.28. The van der Waals surface area contributed by atoms with Crippen molar-refractivity contribution in [1.29, 1.82) is 5.26 Å². The molecule has 31 heavy (non-hydrogen) atoms. The Morgan fingerprint density at radius 1 is 1.10 bits per heavy atom. The Morgan fingerprint density at radius 2 is 1.94 bits per heavy atom. The summed E-state index contributed by atoms with van der Waals surface area (Å²) in [6, 6.07) is 20.3. The first-order valence-corrected chi connectivity index (χ1v) is 10.5. The van der Waals surface area contributed by atoms with E-state index in [1.54, 1.807) is 0 Å². The fourth-order valence-corrected chi connectivity index (χ4v) is 4.54. The molecule has 1 saturated heterocycles. The van der Waals surface area contributed by atoms with E-state index >= 15 is 0 Å². The number of aromatic nitrogens is 3. The van der Waals surface area contributed by atoms with Gasteiger partial charge < -0.3 is 10.6 Å². The average Bonchev–Trinajstić information content (AvgIpc) is 3.28. The number of fused-ring (bicyclic) bond motifs is 1. The zero-order chi connectivity index (χ0) is 21.4. The van der Waals surface area contributed by atoms with E-state index in [4.69, 9.17) is 22.3 Å². The topological polar surface area (TPSA) is 91.7 Å². The molecule has 1 atom stereocenters. The molecule has 2 N–H and O–H groups in total. The number of nitrogens with two attached hydrogens (primary N) is 1. The predicted octanol–water partition coefficient (Wildman–Crippen LogP) is 5.14. The minimum Gasteiger partial charge on any atom is -0.382 e. The van der Waals surface area contributed by atoms with Gasteiger partial charge in [-0.1, -0.05) is 54.1 Å². The zero-order valence-electron chi connectivity index (χ0n) is 16.7. The van der Waals surface area contributed by atoms with Crippen LogP contribution in [-0.4, -0.2) is 21.5 Å². The van der Waals surface area contributed by atoms with E-state index in [0.717, 1.165) is 47.1 Å². The van der Waals surface area contributed by atoms with E-state index in [0.29, 0.717) is 16.4 Å². The summed E-state index contributed by atoms with van der Waals surface area (Å²) >= 11 is 6.47. The van der Waals surface area contributed by atoms with Crippen LogP contribution in [0.3, 0.4) is 0 Å². The molecule has 1 aliphatic rings. The van der Waals surface area contributed by atoms with Crippen molar-refractivity contribution in [3.63, 3.8) is 0 Å². The highest BCUT2D eigenvalue weighted by molar-refractivity contribution is 6.35. The molecule has 1 fully saturated rings. The SMILES string of the molecule is N#Cc1c(N)ncnc1N1CCC[C@H]1c1cc2cccc(Cl)c2nc1-c1ccccc1. The molecular formula is C24H19ClN6. The van der Waals surface area contributed by atoms with E-state index in [9.17, 15) is 5.26 Å². The Balaban J connectivity index is 1.72. The van der Waals surface area contributed by atoms with Crippen LogP contribution in [0, 0.1) is 11.3 Å². The lowest BCUT2D eigenvalue weighted by Crippen LogP contribution is -2.25. The highest BCUT2D eigenvalue weighted by Crippen LogP contribution is 2.42. The van der Waals surface area contributed by atoms with Crippen LogP contribution in [0.1, 0.15) is 30.0 Å². The lowest BCUT2D eigenvalue weighted by atomic mass is 9.96. The maximum absolute atomic E-state index is 9.66. The first-order chi connectivity index (χ1) is 15.2. The highest BCUT2D eigenvalue weighted by Gasteiger charge is 2.32. The molecule has 5 rings (SSSR count). The summed E-state index contributed by atoms with van der Waals surface area (Å²) in [4.78, 5) is 15.5. The molecule has 6 nitrogen and oxygen atoms in total. The van der Waals surface area contributed by atoms with Crippen molar-refractivity contribution in [2.75, 3.05) is 17.2 Å². The van der Waals surface area contributed by atoms with Gasteiger partial charge in [0.05, 0.1) is 22.3 Å². The molecule has 0 unspecified atom stereocenters. The molecule has 0 amide bonds. The summed E-state index contributed by atoms with van der Waals surface area (Å²) in [7, 11) is 0. The van der Waals surface area contributed by atoms with Gasteiger partial charge in [0.2, 0.25) is 0 Å². The minimum absolute atomic E-state index is 0.00693. The third-order valence-electron chi connectivity index (χ3n) is 5.73. The second-order valence-corrected chi connectivity index (χ2v) is 7.93. The Labute approximate surface area is 185 Å². The van der Waals surface area contributed by atoms with Crippen molar-refractivity contribution in [3.05, 3.63) is 77.1 Å². The predicted molar refractivity (Wildman–Crippen MR) is 123 cm³/mol. The van der Waals surface area contributed by atoms with Gasteiger partial charge in [-0.3, -0.25) is 0 Å². The number of halogens is 1. The lowest BCUT2D eigenvalue weighted by molar-refractivity contribution is 0.710. The standard InChI is InChI=1S/C24H19ClN6/c25-19-9-4-8-16-12-17(21(30-22(16)19)15-6-2-1-3-7-15)20-10-5-11-31(20)24-18(13-26)23(27)28-14-29-24/h1-4,6-9,12,14,20H,5,10-11H2,(H2,27,28,29)/t20-/m0/s1. The summed E-state index contributed by atoms with van der Waals surface area (Å²) in [5, 5.41) is 11.3. The Hall–Kier alpha value is -3.69. The van der Waals surface area contributed by atoms with E-state index in [2.05, 4.69) is 39.1 Å². The van der Waals surface area contributed by atoms with Crippen molar-refractivity contribution >= 4 is 34.1 Å². The number of nitrogens with zero attached hydrogens (tertiary/aromatic N) is 5. The van der Waals surface area contributed by atoms with Gasteiger partial charge in [0.15, 0.2) is 5.82 Å². The number of anilines is 2. The second-order valence-electron chi connectivity index (χ2n) is 7.52. The Kier molecular flexibility index (Phi) is 4.89. The number of hydrogen-bond donors (Lipinski definition) is 1. The fraction of sp³-hybridized carbons (Fsp3) is 0.167. The largest absolute Gasteiger partial charge is 0.382 e. The average molecular weight is 427 g/mol. The number of pyridine rings is 1. The van der Waals surface area contributed by atoms with E-state index in [1.165, 1.54) is 6.33 Å². The fourth-order valence-electron chi connectivity index (χ4n) is 4.32. The maximum atomic E-state index is 9.66. The normalized spacial score (nSPS) is 15.9. The molecule has 0 spiro atoms. The molecule has 0 radical (unpaired) electrons. The summed E-state index contributed by atoms with van der Waals surface area (Å²) < 4.78 is 0. The van der Waals surface area contributed by atoms with E-state index < -0.39 is 0 Å². The van der Waals surface area contributed by atoms with Crippen LogP contribution in [-0.2, 0) is 0 Å². The van der Waals surface area contributed by atoms with Gasteiger partial charge in [-0.2, -0.15) is 5.26 Å². The molecule has 1 aliphatic heterocycles. The monoisotopic (exact) mass is 426 g/mol. The number of benzene rings is 2. The summed E-state index contributed by atoms with van der Waals surface area (Å²) in [6.45, 7) is 0.775. The molecule has 0 bridgehead atoms. The van der Waals surface area contributed by atoms with Crippen LogP contribution < -0.4 is 10.6 Å². The van der Waals surface area contributed by atoms with Crippen molar-refractivity contribution in [3.8, 4) is 17.3 Å². The molecule has 0 aliphatic carbocycles. The second kappa shape index (κ2) is 7.86. The summed E-state index contributed by atoms with van der Waals surface area (Å²) in [5.41, 5.74) is 10.1. The number of para-hydroxylation sites is 1. The quantitative estimate of drug-likeness (QED) is 0.487. The number of hydrogen-bond acceptors (Lipinski definition) is 6. The van der Waals surface area contributed by atoms with Crippen molar-refractivity contribution in [2.45, 2.75) is 18.9 Å². The smallest absolute Gasteiger partial charge is 0.152 e. The molecule has 2 aromatic heterocycles. The van der Waals surface area contributed by atoms with Crippen LogP contribution in [0.25, 0.3) is 22.2 Å². The van der Waals surface area contributed by atoms with Gasteiger partial charge >= 0.3 is 0 Å². The van der Waals surface area contributed by atoms with Crippen LogP contribution in [0.4, 0.5) is 11.6 Å². The van der Waals surface area contributed by atoms with Gasteiger partial charge in [0.1, 0.15) is 23.8 Å². The Bertz CT molecular complexity index is 1320. The summed E-state index contributed by atoms with van der Waals surface area (Å²) in [6.07, 6.45) is 3.31.